The summed E-state index contributed by atoms with van der Waals surface area (Å²) in [6, 6.07) is 6.51. The molecule has 0 saturated heterocycles. The Bertz CT molecular complexity index is 514. The van der Waals surface area contributed by atoms with Gasteiger partial charge < -0.3 is 10.2 Å². The van der Waals surface area contributed by atoms with E-state index in [0.29, 0.717) is 6.54 Å². The first-order valence-corrected chi connectivity index (χ1v) is 6.53. The van der Waals surface area contributed by atoms with Crippen LogP contribution in [0, 0.1) is 5.82 Å². The number of halogens is 1. The molecule has 1 heterocycles. The summed E-state index contributed by atoms with van der Waals surface area (Å²) in [5, 5.41) is 13.0. The maximum absolute atomic E-state index is 13.1. The zero-order chi connectivity index (χ0) is 13.0. The molecule has 0 spiro atoms. The molecule has 2 aromatic rings. The molecular formula is C12H15FN4S. The Morgan fingerprint density at radius 2 is 2.22 bits per heavy atom. The fourth-order valence-corrected chi connectivity index (χ4v) is 2.41. The third kappa shape index (κ3) is 3.16. The molecule has 0 bridgehead atoms. The molecule has 1 aromatic carbocycles. The van der Waals surface area contributed by atoms with Crippen molar-refractivity contribution >= 4 is 22.2 Å². The van der Waals surface area contributed by atoms with Gasteiger partial charge in [0.2, 0.25) is 5.13 Å². The summed E-state index contributed by atoms with van der Waals surface area (Å²) in [6.45, 7) is 3.46. The first kappa shape index (κ1) is 12.8. The van der Waals surface area contributed by atoms with Gasteiger partial charge >= 0.3 is 0 Å². The van der Waals surface area contributed by atoms with Crippen LogP contribution < -0.4 is 10.2 Å². The largest absolute Gasteiger partial charge is 0.368 e. The van der Waals surface area contributed by atoms with Crippen molar-refractivity contribution in [3.05, 3.63) is 35.1 Å². The smallest absolute Gasteiger partial charge is 0.205 e. The van der Waals surface area contributed by atoms with Crippen molar-refractivity contribution in [3.8, 4) is 0 Å². The first-order valence-electron chi connectivity index (χ1n) is 5.72. The van der Waals surface area contributed by atoms with Crippen molar-refractivity contribution in [2.45, 2.75) is 13.5 Å². The maximum atomic E-state index is 13.1. The van der Waals surface area contributed by atoms with Crippen LogP contribution in [0.25, 0.3) is 0 Å². The average molecular weight is 266 g/mol. The Hall–Kier alpha value is -1.69. The van der Waals surface area contributed by atoms with Gasteiger partial charge in [-0.3, -0.25) is 0 Å². The standard InChI is InChI=1S/C12H15FN4S/c1-3-14-12-16-15-11(18-12)8-17(2)10-6-4-5-9(13)7-10/h4-7H,3,8H2,1-2H3,(H,14,16). The van der Waals surface area contributed by atoms with Crippen molar-refractivity contribution in [3.63, 3.8) is 0 Å². The van der Waals surface area contributed by atoms with Crippen molar-refractivity contribution in [1.29, 1.82) is 0 Å². The summed E-state index contributed by atoms with van der Waals surface area (Å²) in [5.74, 6) is -0.232. The third-order valence-corrected chi connectivity index (χ3v) is 3.28. The van der Waals surface area contributed by atoms with Gasteiger partial charge in [0.1, 0.15) is 10.8 Å². The lowest BCUT2D eigenvalue weighted by Gasteiger charge is -2.17. The van der Waals surface area contributed by atoms with Gasteiger partial charge in [-0.2, -0.15) is 0 Å². The van der Waals surface area contributed by atoms with Gasteiger partial charge in [0.25, 0.3) is 0 Å². The molecule has 6 heteroatoms. The van der Waals surface area contributed by atoms with Crippen molar-refractivity contribution < 1.29 is 4.39 Å². The summed E-state index contributed by atoms with van der Waals surface area (Å²) in [5.41, 5.74) is 0.829. The molecule has 0 fully saturated rings. The van der Waals surface area contributed by atoms with Gasteiger partial charge in [0.05, 0.1) is 6.54 Å². The summed E-state index contributed by atoms with van der Waals surface area (Å²) >= 11 is 1.52. The Balaban J connectivity index is 2.04. The SMILES string of the molecule is CCNc1nnc(CN(C)c2cccc(F)c2)s1. The number of nitrogens with zero attached hydrogens (tertiary/aromatic N) is 3. The van der Waals surface area contributed by atoms with E-state index in [1.165, 1.54) is 23.5 Å². The van der Waals surface area contributed by atoms with E-state index < -0.39 is 0 Å². The van der Waals surface area contributed by atoms with Crippen molar-refractivity contribution in [2.24, 2.45) is 0 Å². The van der Waals surface area contributed by atoms with Crippen LogP contribution in [0.15, 0.2) is 24.3 Å². The number of aromatic nitrogens is 2. The predicted octanol–water partition coefficient (Wildman–Crippen LogP) is 2.75. The molecule has 0 unspecified atom stereocenters. The second-order valence-electron chi connectivity index (χ2n) is 3.87. The highest BCUT2D eigenvalue weighted by Crippen LogP contribution is 2.20. The maximum Gasteiger partial charge on any atom is 0.205 e. The second kappa shape index (κ2) is 5.77. The lowest BCUT2D eigenvalue weighted by molar-refractivity contribution is 0.627. The van der Waals surface area contributed by atoms with Gasteiger partial charge in [0, 0.05) is 19.3 Å². The molecule has 96 valence electrons. The molecule has 0 saturated carbocycles. The van der Waals surface area contributed by atoms with Gasteiger partial charge in [-0.05, 0) is 25.1 Å². The molecule has 0 amide bonds. The monoisotopic (exact) mass is 266 g/mol. The Kier molecular flexibility index (Phi) is 4.09. The van der Waals surface area contributed by atoms with Crippen LogP contribution in [-0.4, -0.2) is 23.8 Å². The lowest BCUT2D eigenvalue weighted by Crippen LogP contribution is -2.16. The summed E-state index contributed by atoms with van der Waals surface area (Å²) in [4.78, 5) is 1.94. The van der Waals surface area contributed by atoms with Gasteiger partial charge in [-0.1, -0.05) is 17.4 Å². The summed E-state index contributed by atoms with van der Waals surface area (Å²) in [7, 11) is 1.91. The normalized spacial score (nSPS) is 10.4. The van der Waals surface area contributed by atoms with E-state index in [1.54, 1.807) is 6.07 Å². The number of hydrogen-bond donors (Lipinski definition) is 1. The van der Waals surface area contributed by atoms with Crippen LogP contribution in [-0.2, 0) is 6.54 Å². The van der Waals surface area contributed by atoms with Gasteiger partial charge in [-0.15, -0.1) is 10.2 Å². The highest BCUT2D eigenvalue weighted by atomic mass is 32.1. The highest BCUT2D eigenvalue weighted by Gasteiger charge is 2.08. The average Bonchev–Trinajstić information content (AvgIpc) is 2.77. The van der Waals surface area contributed by atoms with Crippen molar-refractivity contribution in [1.82, 2.24) is 10.2 Å². The lowest BCUT2D eigenvalue weighted by atomic mass is 10.3. The molecule has 4 nitrogen and oxygen atoms in total. The minimum absolute atomic E-state index is 0.232. The van der Waals surface area contributed by atoms with E-state index in [1.807, 2.05) is 24.9 Å². The van der Waals surface area contributed by atoms with E-state index in [9.17, 15) is 4.39 Å². The van der Waals surface area contributed by atoms with Crippen LogP contribution in [0.1, 0.15) is 11.9 Å². The van der Waals surface area contributed by atoms with E-state index in [4.69, 9.17) is 0 Å². The van der Waals surface area contributed by atoms with E-state index in [2.05, 4.69) is 15.5 Å². The van der Waals surface area contributed by atoms with Crippen LogP contribution in [0.5, 0.6) is 0 Å². The van der Waals surface area contributed by atoms with E-state index in [0.717, 1.165) is 22.4 Å². The molecule has 0 aliphatic rings. The van der Waals surface area contributed by atoms with Crippen LogP contribution in [0.4, 0.5) is 15.2 Å². The number of nitrogens with one attached hydrogen (secondary N) is 1. The Morgan fingerprint density at radius 3 is 2.94 bits per heavy atom. The predicted molar refractivity (Wildman–Crippen MR) is 72.6 cm³/mol. The number of anilines is 2. The van der Waals surface area contributed by atoms with Crippen LogP contribution in [0.3, 0.4) is 0 Å². The molecule has 1 aromatic heterocycles. The molecule has 2 rings (SSSR count). The molecule has 0 aliphatic carbocycles. The second-order valence-corrected chi connectivity index (χ2v) is 4.93. The minimum Gasteiger partial charge on any atom is -0.368 e. The Labute approximate surface area is 109 Å². The van der Waals surface area contributed by atoms with Gasteiger partial charge in [0.15, 0.2) is 0 Å². The summed E-state index contributed by atoms with van der Waals surface area (Å²) < 4.78 is 13.1. The number of rotatable bonds is 5. The topological polar surface area (TPSA) is 41.1 Å². The quantitative estimate of drug-likeness (QED) is 0.903. The molecular weight excluding hydrogens is 251 g/mol. The summed E-state index contributed by atoms with van der Waals surface area (Å²) in [6.07, 6.45) is 0. The third-order valence-electron chi connectivity index (χ3n) is 2.42. The van der Waals surface area contributed by atoms with E-state index in [-0.39, 0.29) is 5.82 Å². The minimum atomic E-state index is -0.232. The van der Waals surface area contributed by atoms with Crippen LogP contribution >= 0.6 is 11.3 Å². The molecule has 0 atom stereocenters. The van der Waals surface area contributed by atoms with Crippen LogP contribution in [0.2, 0.25) is 0 Å². The van der Waals surface area contributed by atoms with Crippen molar-refractivity contribution in [2.75, 3.05) is 23.8 Å². The fourth-order valence-electron chi connectivity index (χ4n) is 1.55. The zero-order valence-corrected chi connectivity index (χ0v) is 11.2. The zero-order valence-electron chi connectivity index (χ0n) is 10.4. The fraction of sp³-hybridized carbons (Fsp3) is 0.333. The number of hydrogen-bond acceptors (Lipinski definition) is 5. The molecule has 1 N–H and O–H groups in total. The first-order chi connectivity index (χ1) is 8.69. The highest BCUT2D eigenvalue weighted by molar-refractivity contribution is 7.15. The number of benzene rings is 1. The van der Waals surface area contributed by atoms with E-state index >= 15 is 0 Å². The molecule has 18 heavy (non-hydrogen) atoms. The molecule has 0 radical (unpaired) electrons. The van der Waals surface area contributed by atoms with Gasteiger partial charge in [-0.25, -0.2) is 4.39 Å². The Morgan fingerprint density at radius 1 is 1.39 bits per heavy atom. The molecule has 0 aliphatic heterocycles.